The number of likely N-dealkylation sites (tertiary alicyclic amines) is 1. The molecular weight excluding hydrogens is 294 g/mol. The molecule has 1 aromatic heterocycles. The minimum atomic E-state index is -1.12. The summed E-state index contributed by atoms with van der Waals surface area (Å²) in [6, 6.07) is 8.99. The van der Waals surface area contributed by atoms with Crippen LogP contribution in [0.15, 0.2) is 36.5 Å². The predicted octanol–water partition coefficient (Wildman–Crippen LogP) is 2.26. The van der Waals surface area contributed by atoms with Crippen LogP contribution in [0.2, 0.25) is 0 Å². The topological polar surface area (TPSA) is 75.4 Å². The lowest BCUT2D eigenvalue weighted by molar-refractivity contribution is -0.147. The summed E-state index contributed by atoms with van der Waals surface area (Å²) >= 11 is 0. The maximum atomic E-state index is 12.7. The lowest BCUT2D eigenvalue weighted by Gasteiger charge is -2.31. The quantitative estimate of drug-likeness (QED) is 0.943. The first-order valence-electron chi connectivity index (χ1n) is 7.60. The predicted molar refractivity (Wildman–Crippen MR) is 84.6 cm³/mol. The van der Waals surface area contributed by atoms with Crippen LogP contribution in [-0.4, -0.2) is 43.7 Å². The number of hydrogen-bond donors (Lipinski definition) is 1. The van der Waals surface area contributed by atoms with Gasteiger partial charge in [-0.25, -0.2) is 9.48 Å². The van der Waals surface area contributed by atoms with E-state index < -0.39 is 11.5 Å². The Hall–Kier alpha value is -2.63. The minimum absolute atomic E-state index is 0.240. The van der Waals surface area contributed by atoms with Crippen LogP contribution in [0.25, 0.3) is 5.69 Å². The largest absolute Gasteiger partial charge is 0.480 e. The van der Waals surface area contributed by atoms with Crippen molar-refractivity contribution >= 4 is 11.9 Å². The number of aromatic nitrogens is 2. The van der Waals surface area contributed by atoms with Crippen molar-refractivity contribution < 1.29 is 14.7 Å². The fourth-order valence-corrected chi connectivity index (χ4v) is 3.05. The van der Waals surface area contributed by atoms with Gasteiger partial charge in [0.05, 0.1) is 5.69 Å². The van der Waals surface area contributed by atoms with Crippen molar-refractivity contribution in [2.45, 2.75) is 32.2 Å². The van der Waals surface area contributed by atoms with Crippen molar-refractivity contribution in [2.24, 2.45) is 0 Å². The normalized spacial score (nSPS) is 20.7. The van der Waals surface area contributed by atoms with E-state index in [1.54, 1.807) is 29.9 Å². The number of aryl methyl sites for hydroxylation is 1. The van der Waals surface area contributed by atoms with Gasteiger partial charge in [-0.3, -0.25) is 4.79 Å². The molecule has 1 atom stereocenters. The maximum absolute atomic E-state index is 12.7. The molecule has 1 aliphatic heterocycles. The number of rotatable bonds is 3. The number of benzene rings is 1. The Bertz CT molecular complexity index is 751. The fourth-order valence-electron chi connectivity index (χ4n) is 3.05. The number of hydrogen-bond acceptors (Lipinski definition) is 3. The highest BCUT2D eigenvalue weighted by molar-refractivity contribution is 5.98. The molecule has 0 spiro atoms. The van der Waals surface area contributed by atoms with E-state index in [1.165, 1.54) is 4.90 Å². The van der Waals surface area contributed by atoms with Gasteiger partial charge in [-0.2, -0.15) is 5.10 Å². The van der Waals surface area contributed by atoms with E-state index >= 15 is 0 Å². The number of carboxylic acids is 1. The minimum Gasteiger partial charge on any atom is -0.480 e. The summed E-state index contributed by atoms with van der Waals surface area (Å²) in [5.74, 6) is -1.19. The third-order valence-electron chi connectivity index (χ3n) is 4.54. The molecule has 23 heavy (non-hydrogen) atoms. The summed E-state index contributed by atoms with van der Waals surface area (Å²) in [5.41, 5.74) is 1.25. The molecule has 1 aromatic carbocycles. The molecule has 3 rings (SSSR count). The third-order valence-corrected chi connectivity index (χ3v) is 4.54. The van der Waals surface area contributed by atoms with E-state index in [0.29, 0.717) is 24.9 Å². The van der Waals surface area contributed by atoms with Crippen LogP contribution >= 0.6 is 0 Å². The summed E-state index contributed by atoms with van der Waals surface area (Å²) in [6.07, 6.45) is 2.91. The van der Waals surface area contributed by atoms with Gasteiger partial charge in [0.1, 0.15) is 5.54 Å². The molecule has 0 aliphatic carbocycles. The molecule has 6 heteroatoms. The first kappa shape index (κ1) is 15.3. The van der Waals surface area contributed by atoms with Gasteiger partial charge in [0.25, 0.3) is 5.91 Å². The van der Waals surface area contributed by atoms with E-state index in [2.05, 4.69) is 5.10 Å². The number of carboxylic acid groups (broad SMARTS) is 1. The molecule has 1 unspecified atom stereocenters. The Kier molecular flexibility index (Phi) is 3.67. The fraction of sp³-hybridized carbons (Fsp3) is 0.353. The van der Waals surface area contributed by atoms with Crippen LogP contribution in [0.5, 0.6) is 0 Å². The van der Waals surface area contributed by atoms with E-state index in [9.17, 15) is 14.7 Å². The Balaban J connectivity index is 1.86. The van der Waals surface area contributed by atoms with Crippen LogP contribution in [0.4, 0.5) is 0 Å². The van der Waals surface area contributed by atoms with Gasteiger partial charge in [0.15, 0.2) is 0 Å². The summed E-state index contributed by atoms with van der Waals surface area (Å²) in [7, 11) is 0. The molecule has 1 fully saturated rings. The highest BCUT2D eigenvalue weighted by Crippen LogP contribution is 2.30. The first-order chi connectivity index (χ1) is 10.9. The number of carbonyl (C=O) groups excluding carboxylic acids is 1. The average Bonchev–Trinajstić information content (AvgIpc) is 3.13. The molecule has 1 amide bonds. The van der Waals surface area contributed by atoms with Crippen LogP contribution in [0.3, 0.4) is 0 Å². The number of aliphatic carboxylic acids is 1. The van der Waals surface area contributed by atoms with Crippen molar-refractivity contribution in [3.63, 3.8) is 0 Å². The van der Waals surface area contributed by atoms with Crippen molar-refractivity contribution in [1.29, 1.82) is 0 Å². The van der Waals surface area contributed by atoms with Crippen LogP contribution < -0.4 is 0 Å². The van der Waals surface area contributed by atoms with Crippen molar-refractivity contribution in [3.05, 3.63) is 47.8 Å². The molecule has 1 saturated heterocycles. The molecule has 6 nitrogen and oxygen atoms in total. The number of amides is 1. The van der Waals surface area contributed by atoms with Crippen molar-refractivity contribution in [1.82, 2.24) is 14.7 Å². The molecule has 2 heterocycles. The van der Waals surface area contributed by atoms with E-state index in [4.69, 9.17) is 0 Å². The lowest BCUT2D eigenvalue weighted by atomic mass is 9.98. The lowest BCUT2D eigenvalue weighted by Crippen LogP contribution is -2.50. The number of carbonyl (C=O) groups is 2. The Morgan fingerprint density at radius 2 is 1.91 bits per heavy atom. The zero-order chi connectivity index (χ0) is 16.6. The summed E-state index contributed by atoms with van der Waals surface area (Å²) in [4.78, 5) is 25.6. The Morgan fingerprint density at radius 3 is 2.48 bits per heavy atom. The molecular formula is C17H19N3O3. The van der Waals surface area contributed by atoms with Gasteiger partial charge < -0.3 is 10.0 Å². The average molecular weight is 313 g/mol. The van der Waals surface area contributed by atoms with Gasteiger partial charge in [-0.1, -0.05) is 0 Å². The smallest absolute Gasteiger partial charge is 0.329 e. The zero-order valence-corrected chi connectivity index (χ0v) is 13.2. The van der Waals surface area contributed by atoms with Crippen LogP contribution in [-0.2, 0) is 4.79 Å². The van der Waals surface area contributed by atoms with Gasteiger partial charge in [-0.05, 0) is 57.0 Å². The van der Waals surface area contributed by atoms with Crippen LogP contribution in [0, 0.1) is 6.92 Å². The molecule has 0 saturated carbocycles. The maximum Gasteiger partial charge on any atom is 0.329 e. The molecule has 1 N–H and O–H groups in total. The monoisotopic (exact) mass is 313 g/mol. The highest BCUT2D eigenvalue weighted by Gasteiger charge is 2.46. The van der Waals surface area contributed by atoms with Gasteiger partial charge in [-0.15, -0.1) is 0 Å². The summed E-state index contributed by atoms with van der Waals surface area (Å²) < 4.78 is 1.78. The Labute approximate surface area is 134 Å². The van der Waals surface area contributed by atoms with Crippen molar-refractivity contribution in [2.75, 3.05) is 6.54 Å². The number of nitrogens with zero attached hydrogens (tertiary/aromatic N) is 3. The standard InChI is InChI=1S/C17H19N3O3/c1-12-8-10-18-20(12)14-6-4-13(5-7-14)15(21)19-11-3-9-17(19,2)16(22)23/h4-8,10H,3,9,11H2,1-2H3,(H,22,23). The summed E-state index contributed by atoms with van der Waals surface area (Å²) in [6.45, 7) is 4.04. The highest BCUT2D eigenvalue weighted by atomic mass is 16.4. The zero-order valence-electron chi connectivity index (χ0n) is 13.2. The second-order valence-electron chi connectivity index (χ2n) is 6.07. The molecule has 0 radical (unpaired) electrons. The second kappa shape index (κ2) is 5.53. The second-order valence-corrected chi connectivity index (χ2v) is 6.07. The van der Waals surface area contributed by atoms with Crippen molar-refractivity contribution in [3.8, 4) is 5.69 Å². The van der Waals surface area contributed by atoms with Gasteiger partial charge in [0.2, 0.25) is 0 Å². The summed E-state index contributed by atoms with van der Waals surface area (Å²) in [5, 5.41) is 13.7. The molecule has 1 aliphatic rings. The SMILES string of the molecule is Cc1ccnn1-c1ccc(C(=O)N2CCCC2(C)C(=O)O)cc1. The molecule has 120 valence electrons. The van der Waals surface area contributed by atoms with Gasteiger partial charge >= 0.3 is 5.97 Å². The third kappa shape index (κ3) is 2.50. The van der Waals surface area contributed by atoms with E-state index in [1.807, 2.05) is 25.1 Å². The van der Waals surface area contributed by atoms with E-state index in [-0.39, 0.29) is 5.91 Å². The Morgan fingerprint density at radius 1 is 1.22 bits per heavy atom. The van der Waals surface area contributed by atoms with Gasteiger partial charge in [0, 0.05) is 24.0 Å². The molecule has 2 aromatic rings. The first-order valence-corrected chi connectivity index (χ1v) is 7.60. The van der Waals surface area contributed by atoms with Crippen LogP contribution in [0.1, 0.15) is 35.8 Å². The van der Waals surface area contributed by atoms with E-state index in [0.717, 1.165) is 11.4 Å². The molecule has 0 bridgehead atoms.